The predicted molar refractivity (Wildman–Crippen MR) is 108 cm³/mol. The molecule has 2 aliphatic carbocycles. The summed E-state index contributed by atoms with van der Waals surface area (Å²) in [7, 11) is 0. The molecule has 0 amide bonds. The molecule has 0 N–H and O–H groups in total. The molecule has 0 heterocycles. The molecule has 2 aliphatic rings. The molecule has 0 spiro atoms. The zero-order valence-corrected chi connectivity index (χ0v) is 17.4. The lowest BCUT2D eigenvalue weighted by Gasteiger charge is -2.34. The van der Waals surface area contributed by atoms with E-state index in [4.69, 9.17) is 0 Å². The van der Waals surface area contributed by atoms with Crippen LogP contribution in [0.4, 0.5) is 0 Å². The van der Waals surface area contributed by atoms with Crippen molar-refractivity contribution in [3.63, 3.8) is 0 Å². The molecule has 142 valence electrons. The minimum Gasteiger partial charge on any atom is -0.0651 e. The Balaban J connectivity index is 1.37. The summed E-state index contributed by atoms with van der Waals surface area (Å²) < 4.78 is 0. The molecule has 2 fully saturated rings. The van der Waals surface area contributed by atoms with Gasteiger partial charge < -0.3 is 0 Å². The number of fused-ring (bicyclic) bond motifs is 1. The smallest absolute Gasteiger partial charge is 0.0352 e. The van der Waals surface area contributed by atoms with Gasteiger partial charge in [0.15, 0.2) is 0 Å². The van der Waals surface area contributed by atoms with Crippen molar-refractivity contribution in [2.24, 2.45) is 35.5 Å². The summed E-state index contributed by atoms with van der Waals surface area (Å²) in [6.45, 7) is 9.78. The Kier molecular flexibility index (Phi) is 9.20. The molecule has 0 aromatic heterocycles. The fraction of sp³-hybridized carbons (Fsp3) is 1.00. The van der Waals surface area contributed by atoms with Gasteiger partial charge in [-0.2, -0.15) is 0 Å². The van der Waals surface area contributed by atoms with Crippen molar-refractivity contribution in [3.05, 3.63) is 0 Å². The van der Waals surface area contributed by atoms with E-state index in [1.165, 1.54) is 70.6 Å². The van der Waals surface area contributed by atoms with Gasteiger partial charge in [-0.15, -0.1) is 0 Å². The van der Waals surface area contributed by atoms with Crippen LogP contribution in [0.25, 0.3) is 0 Å². The topological polar surface area (TPSA) is 0 Å². The first-order chi connectivity index (χ1) is 11.6. The van der Waals surface area contributed by atoms with Crippen LogP contribution in [0.1, 0.15) is 118 Å². The van der Waals surface area contributed by atoms with E-state index in [-0.39, 0.29) is 0 Å². The summed E-state index contributed by atoms with van der Waals surface area (Å²) in [4.78, 5) is 0. The van der Waals surface area contributed by atoms with Crippen molar-refractivity contribution < 1.29 is 0 Å². The van der Waals surface area contributed by atoms with Crippen molar-refractivity contribution in [2.45, 2.75) is 118 Å². The highest BCUT2D eigenvalue weighted by Gasteiger charge is 2.49. The quantitative estimate of drug-likeness (QED) is 0.297. The first kappa shape index (κ1) is 20.3. The van der Waals surface area contributed by atoms with Crippen molar-refractivity contribution in [2.75, 3.05) is 0 Å². The highest BCUT2D eigenvalue weighted by atomic mass is 14.5. The molecule has 0 radical (unpaired) electrons. The zero-order chi connectivity index (χ0) is 17.4. The van der Waals surface area contributed by atoms with Crippen LogP contribution in [0, 0.1) is 35.5 Å². The van der Waals surface area contributed by atoms with E-state index in [0.29, 0.717) is 0 Å². The molecule has 6 unspecified atom stereocenters. The molecule has 0 aliphatic heterocycles. The van der Waals surface area contributed by atoms with Gasteiger partial charge in [0.25, 0.3) is 0 Å². The first-order valence-corrected chi connectivity index (χ1v) is 11.6. The first-order valence-electron chi connectivity index (χ1n) is 11.6. The Bertz CT molecular complexity index is 320. The average molecular weight is 335 g/mol. The molecule has 24 heavy (non-hydrogen) atoms. The van der Waals surface area contributed by atoms with Gasteiger partial charge in [-0.25, -0.2) is 0 Å². The van der Waals surface area contributed by atoms with Gasteiger partial charge in [0.2, 0.25) is 0 Å². The summed E-state index contributed by atoms with van der Waals surface area (Å²) in [6.07, 6.45) is 20.9. The molecular weight excluding hydrogens is 288 g/mol. The van der Waals surface area contributed by atoms with E-state index >= 15 is 0 Å². The monoisotopic (exact) mass is 334 g/mol. The lowest BCUT2D eigenvalue weighted by Crippen LogP contribution is -2.26. The summed E-state index contributed by atoms with van der Waals surface area (Å²) >= 11 is 0. The number of hydrogen-bond acceptors (Lipinski definition) is 0. The predicted octanol–water partition coefficient (Wildman–Crippen LogP) is 8.25. The third-order valence-electron chi connectivity index (χ3n) is 7.71. The van der Waals surface area contributed by atoms with Crippen molar-refractivity contribution in [3.8, 4) is 0 Å². The second-order valence-electron chi connectivity index (χ2n) is 9.67. The molecular formula is C24H46. The van der Waals surface area contributed by atoms with Crippen LogP contribution in [0.3, 0.4) is 0 Å². The average Bonchev–Trinajstić information content (AvgIpc) is 3.34. The van der Waals surface area contributed by atoms with E-state index in [0.717, 1.165) is 35.5 Å². The van der Waals surface area contributed by atoms with Gasteiger partial charge in [-0.05, 0) is 54.8 Å². The Morgan fingerprint density at radius 3 is 2.00 bits per heavy atom. The Morgan fingerprint density at radius 1 is 0.792 bits per heavy atom. The van der Waals surface area contributed by atoms with Crippen molar-refractivity contribution in [1.29, 1.82) is 0 Å². The molecule has 0 nitrogen and oxygen atoms in total. The molecule has 0 bridgehead atoms. The van der Waals surface area contributed by atoms with Gasteiger partial charge >= 0.3 is 0 Å². The van der Waals surface area contributed by atoms with Gasteiger partial charge in [0, 0.05) is 0 Å². The Morgan fingerprint density at radius 2 is 1.38 bits per heavy atom. The van der Waals surface area contributed by atoms with Crippen LogP contribution in [0.5, 0.6) is 0 Å². The minimum atomic E-state index is 0.950. The summed E-state index contributed by atoms with van der Waals surface area (Å²) in [5.74, 6) is 6.33. The number of rotatable bonds is 13. The van der Waals surface area contributed by atoms with Gasteiger partial charge in [-0.1, -0.05) is 98.3 Å². The number of unbranched alkanes of at least 4 members (excludes halogenated alkanes) is 8. The zero-order valence-electron chi connectivity index (χ0n) is 17.4. The number of hydrogen-bond donors (Lipinski definition) is 0. The third kappa shape index (κ3) is 6.72. The van der Waals surface area contributed by atoms with E-state index < -0.39 is 0 Å². The lowest BCUT2D eigenvalue weighted by atomic mass is 9.72. The van der Waals surface area contributed by atoms with Gasteiger partial charge in [0.05, 0.1) is 0 Å². The maximum Gasteiger partial charge on any atom is -0.0352 e. The van der Waals surface area contributed by atoms with E-state index in [2.05, 4.69) is 27.7 Å². The van der Waals surface area contributed by atoms with Crippen molar-refractivity contribution in [1.82, 2.24) is 0 Å². The fourth-order valence-electron chi connectivity index (χ4n) is 5.36. The van der Waals surface area contributed by atoms with E-state index in [1.54, 1.807) is 19.3 Å². The molecule has 0 aromatic carbocycles. The molecule has 2 rings (SSSR count). The fourth-order valence-corrected chi connectivity index (χ4v) is 5.36. The molecule has 0 heteroatoms. The minimum absolute atomic E-state index is 0.950. The largest absolute Gasteiger partial charge is 0.0651 e. The SMILES string of the molecule is CCC(C)CCCCCCCCCCCC1C(C)C(C)CC2CC21. The highest BCUT2D eigenvalue weighted by Crippen LogP contribution is 2.58. The summed E-state index contributed by atoms with van der Waals surface area (Å²) in [6, 6.07) is 0. The Hall–Kier alpha value is 0. The molecule has 0 saturated heterocycles. The van der Waals surface area contributed by atoms with Crippen LogP contribution in [-0.4, -0.2) is 0 Å². The maximum absolute atomic E-state index is 2.55. The van der Waals surface area contributed by atoms with E-state index in [9.17, 15) is 0 Å². The summed E-state index contributed by atoms with van der Waals surface area (Å²) in [5, 5.41) is 0. The second-order valence-corrected chi connectivity index (χ2v) is 9.67. The highest BCUT2D eigenvalue weighted by molar-refractivity contribution is 4.99. The van der Waals surface area contributed by atoms with Crippen LogP contribution in [0.15, 0.2) is 0 Å². The van der Waals surface area contributed by atoms with Crippen LogP contribution in [0.2, 0.25) is 0 Å². The summed E-state index contributed by atoms with van der Waals surface area (Å²) in [5.41, 5.74) is 0. The molecule has 2 saturated carbocycles. The van der Waals surface area contributed by atoms with Gasteiger partial charge in [-0.3, -0.25) is 0 Å². The standard InChI is InChI=1S/C24H46/c1-5-19(2)15-13-11-9-7-6-8-10-12-14-16-23-21(4)20(3)17-22-18-24(22)23/h19-24H,5-18H2,1-4H3. The van der Waals surface area contributed by atoms with Crippen LogP contribution < -0.4 is 0 Å². The molecule has 0 aromatic rings. The molecule has 6 atom stereocenters. The normalized spacial score (nSPS) is 33.2. The van der Waals surface area contributed by atoms with Gasteiger partial charge in [0.1, 0.15) is 0 Å². The van der Waals surface area contributed by atoms with E-state index in [1.807, 2.05) is 0 Å². The van der Waals surface area contributed by atoms with Crippen molar-refractivity contribution >= 4 is 0 Å². The maximum atomic E-state index is 2.55. The lowest BCUT2D eigenvalue weighted by molar-refractivity contribution is 0.156. The second kappa shape index (κ2) is 10.9. The third-order valence-corrected chi connectivity index (χ3v) is 7.71. The Labute approximate surface area is 153 Å². The van der Waals surface area contributed by atoms with Crippen LogP contribution in [-0.2, 0) is 0 Å². The van der Waals surface area contributed by atoms with Crippen LogP contribution >= 0.6 is 0 Å².